The van der Waals surface area contributed by atoms with Crippen molar-refractivity contribution in [2.75, 3.05) is 7.11 Å². The number of carbonyl (C=O) groups is 1. The summed E-state index contributed by atoms with van der Waals surface area (Å²) in [6, 6.07) is 14.7. The second-order valence-electron chi connectivity index (χ2n) is 4.81. The van der Waals surface area contributed by atoms with Gasteiger partial charge in [-0.3, -0.25) is 4.79 Å². The van der Waals surface area contributed by atoms with Gasteiger partial charge in [0.1, 0.15) is 18.6 Å². The molecule has 0 aliphatic rings. The molecule has 0 atom stereocenters. The fourth-order valence-electron chi connectivity index (χ4n) is 2.10. The first-order valence-electron chi connectivity index (χ1n) is 7.03. The topological polar surface area (TPSA) is 66.2 Å². The van der Waals surface area contributed by atoms with Crippen LogP contribution in [0.25, 0.3) is 5.69 Å². The Morgan fingerprint density at radius 2 is 1.96 bits per heavy atom. The molecule has 0 radical (unpaired) electrons. The van der Waals surface area contributed by atoms with Crippen LogP contribution >= 0.6 is 0 Å². The first kappa shape index (κ1) is 14.8. The largest absolute Gasteiger partial charge is 0.493 e. The smallest absolute Gasteiger partial charge is 0.161 e. The first-order valence-corrected chi connectivity index (χ1v) is 7.03. The molecule has 0 saturated heterocycles. The number of hydrogen-bond donors (Lipinski definition) is 0. The molecule has 0 amide bonds. The van der Waals surface area contributed by atoms with Crippen LogP contribution in [0, 0.1) is 0 Å². The van der Waals surface area contributed by atoms with Crippen molar-refractivity contribution in [3.63, 3.8) is 0 Å². The van der Waals surface area contributed by atoms with Crippen molar-refractivity contribution < 1.29 is 14.3 Å². The van der Waals surface area contributed by atoms with Crippen LogP contribution in [0.15, 0.2) is 54.7 Å². The number of rotatable bonds is 6. The lowest BCUT2D eigenvalue weighted by molar-refractivity contribution is 0.112. The molecule has 1 heterocycles. The van der Waals surface area contributed by atoms with Crippen molar-refractivity contribution >= 4 is 6.29 Å². The van der Waals surface area contributed by atoms with Gasteiger partial charge in [0.15, 0.2) is 11.5 Å². The van der Waals surface area contributed by atoms with E-state index in [-0.39, 0.29) is 6.61 Å². The van der Waals surface area contributed by atoms with Gasteiger partial charge in [0, 0.05) is 5.56 Å². The van der Waals surface area contributed by atoms with E-state index in [1.807, 2.05) is 36.5 Å². The molecule has 0 aliphatic heterocycles. The van der Waals surface area contributed by atoms with Gasteiger partial charge < -0.3 is 9.47 Å². The molecule has 3 rings (SSSR count). The second kappa shape index (κ2) is 6.74. The third-order valence-electron chi connectivity index (χ3n) is 3.26. The van der Waals surface area contributed by atoms with Crippen LogP contribution in [0.1, 0.15) is 16.1 Å². The molecular formula is C17H15N3O3. The molecule has 0 fully saturated rings. The van der Waals surface area contributed by atoms with Crippen LogP contribution in [0.5, 0.6) is 11.5 Å². The molecule has 0 N–H and O–H groups in total. The number of nitrogens with zero attached hydrogens (tertiary/aromatic N) is 3. The van der Waals surface area contributed by atoms with Gasteiger partial charge in [-0.05, 0) is 30.3 Å². The van der Waals surface area contributed by atoms with Gasteiger partial charge in [-0.25, -0.2) is 4.68 Å². The number of carbonyl (C=O) groups excluding carboxylic acids is 1. The van der Waals surface area contributed by atoms with Crippen molar-refractivity contribution in [1.29, 1.82) is 0 Å². The van der Waals surface area contributed by atoms with Gasteiger partial charge in [-0.1, -0.05) is 23.4 Å². The van der Waals surface area contributed by atoms with Crippen molar-refractivity contribution in [2.24, 2.45) is 0 Å². The highest BCUT2D eigenvalue weighted by Crippen LogP contribution is 2.28. The van der Waals surface area contributed by atoms with Gasteiger partial charge in [0.05, 0.1) is 19.0 Å². The van der Waals surface area contributed by atoms with Crippen molar-refractivity contribution in [2.45, 2.75) is 6.61 Å². The average molecular weight is 309 g/mol. The number of para-hydroxylation sites is 1. The van der Waals surface area contributed by atoms with Crippen molar-refractivity contribution in [3.8, 4) is 17.2 Å². The third kappa shape index (κ3) is 3.37. The number of methoxy groups -OCH3 is 1. The zero-order chi connectivity index (χ0) is 16.1. The van der Waals surface area contributed by atoms with E-state index in [0.717, 1.165) is 12.0 Å². The van der Waals surface area contributed by atoms with E-state index in [0.29, 0.717) is 22.8 Å². The minimum absolute atomic E-state index is 0.254. The van der Waals surface area contributed by atoms with E-state index in [4.69, 9.17) is 9.47 Å². The van der Waals surface area contributed by atoms with Gasteiger partial charge >= 0.3 is 0 Å². The Labute approximate surface area is 133 Å². The van der Waals surface area contributed by atoms with E-state index >= 15 is 0 Å². The monoisotopic (exact) mass is 309 g/mol. The summed E-state index contributed by atoms with van der Waals surface area (Å²) in [5.74, 6) is 1.05. The van der Waals surface area contributed by atoms with E-state index in [1.54, 1.807) is 22.9 Å². The zero-order valence-corrected chi connectivity index (χ0v) is 12.5. The summed E-state index contributed by atoms with van der Waals surface area (Å²) in [6.45, 7) is 0.254. The predicted molar refractivity (Wildman–Crippen MR) is 84.1 cm³/mol. The Hall–Kier alpha value is -3.15. The summed E-state index contributed by atoms with van der Waals surface area (Å²) in [6.07, 6.45) is 2.57. The Balaban J connectivity index is 1.72. The summed E-state index contributed by atoms with van der Waals surface area (Å²) < 4.78 is 12.6. The highest BCUT2D eigenvalue weighted by atomic mass is 16.5. The average Bonchev–Trinajstić information content (AvgIpc) is 3.09. The van der Waals surface area contributed by atoms with Crippen LogP contribution in [-0.2, 0) is 6.61 Å². The lowest BCUT2D eigenvalue weighted by Crippen LogP contribution is -1.98. The molecule has 6 heteroatoms. The summed E-state index contributed by atoms with van der Waals surface area (Å²) in [5, 5.41) is 8.17. The maximum atomic E-state index is 10.8. The van der Waals surface area contributed by atoms with Gasteiger partial charge in [0.25, 0.3) is 0 Å². The Kier molecular flexibility index (Phi) is 4.33. The SMILES string of the molecule is COc1cc(C=O)ccc1OCc1cn(-c2ccccc2)nn1. The number of aldehydes is 1. The number of ether oxygens (including phenoxy) is 2. The molecule has 1 aromatic heterocycles. The number of hydrogen-bond acceptors (Lipinski definition) is 5. The Morgan fingerprint density at radius 3 is 2.70 bits per heavy atom. The summed E-state index contributed by atoms with van der Waals surface area (Å²) in [4.78, 5) is 10.8. The maximum absolute atomic E-state index is 10.8. The molecule has 3 aromatic rings. The molecule has 2 aromatic carbocycles. The lowest BCUT2D eigenvalue weighted by Gasteiger charge is -2.09. The van der Waals surface area contributed by atoms with Gasteiger partial charge in [-0.2, -0.15) is 0 Å². The third-order valence-corrected chi connectivity index (χ3v) is 3.26. The van der Waals surface area contributed by atoms with Crippen LogP contribution in [-0.4, -0.2) is 28.4 Å². The lowest BCUT2D eigenvalue weighted by atomic mass is 10.2. The van der Waals surface area contributed by atoms with Crippen molar-refractivity contribution in [1.82, 2.24) is 15.0 Å². The fraction of sp³-hybridized carbons (Fsp3) is 0.118. The summed E-state index contributed by atoms with van der Waals surface area (Å²) in [7, 11) is 1.53. The molecule has 0 unspecified atom stereocenters. The summed E-state index contributed by atoms with van der Waals surface area (Å²) in [5.41, 5.74) is 2.15. The highest BCUT2D eigenvalue weighted by molar-refractivity contribution is 5.76. The van der Waals surface area contributed by atoms with E-state index in [9.17, 15) is 4.79 Å². The van der Waals surface area contributed by atoms with Crippen LogP contribution in [0.4, 0.5) is 0 Å². The molecular weight excluding hydrogens is 294 g/mol. The zero-order valence-electron chi connectivity index (χ0n) is 12.5. The van der Waals surface area contributed by atoms with Gasteiger partial charge in [-0.15, -0.1) is 5.10 Å². The highest BCUT2D eigenvalue weighted by Gasteiger charge is 2.08. The Morgan fingerprint density at radius 1 is 1.13 bits per heavy atom. The molecule has 0 aliphatic carbocycles. The summed E-state index contributed by atoms with van der Waals surface area (Å²) >= 11 is 0. The van der Waals surface area contributed by atoms with Crippen LogP contribution in [0.3, 0.4) is 0 Å². The predicted octanol–water partition coefficient (Wildman–Crippen LogP) is 2.67. The molecule has 0 bridgehead atoms. The molecule has 6 nitrogen and oxygen atoms in total. The minimum atomic E-state index is 0.254. The standard InChI is InChI=1S/C17H15N3O3/c1-22-17-9-13(11-21)7-8-16(17)23-12-14-10-20(19-18-14)15-5-3-2-4-6-15/h2-11H,12H2,1H3. The Bertz CT molecular complexity index is 800. The molecule has 0 saturated carbocycles. The fourth-order valence-corrected chi connectivity index (χ4v) is 2.10. The van der Waals surface area contributed by atoms with E-state index < -0.39 is 0 Å². The van der Waals surface area contributed by atoms with E-state index in [2.05, 4.69) is 10.3 Å². The van der Waals surface area contributed by atoms with Crippen LogP contribution in [0.2, 0.25) is 0 Å². The first-order chi connectivity index (χ1) is 11.3. The normalized spacial score (nSPS) is 10.3. The molecule has 116 valence electrons. The van der Waals surface area contributed by atoms with Crippen molar-refractivity contribution in [3.05, 3.63) is 66.0 Å². The quantitative estimate of drug-likeness (QED) is 0.655. The number of benzene rings is 2. The molecule has 0 spiro atoms. The van der Waals surface area contributed by atoms with Crippen LogP contribution < -0.4 is 9.47 Å². The van der Waals surface area contributed by atoms with Gasteiger partial charge in [0.2, 0.25) is 0 Å². The molecule has 23 heavy (non-hydrogen) atoms. The number of aromatic nitrogens is 3. The van der Waals surface area contributed by atoms with E-state index in [1.165, 1.54) is 7.11 Å². The minimum Gasteiger partial charge on any atom is -0.493 e. The maximum Gasteiger partial charge on any atom is 0.161 e. The second-order valence-corrected chi connectivity index (χ2v) is 4.81.